The Morgan fingerprint density at radius 2 is 0.827 bits per heavy atom. The molecule has 260 valence electrons. The van der Waals surface area contributed by atoms with Gasteiger partial charge in [-0.25, -0.2) is 0 Å². The van der Waals surface area contributed by atoms with E-state index >= 15 is 0 Å². The molecule has 1 saturated heterocycles. The van der Waals surface area contributed by atoms with Crippen molar-refractivity contribution in [1.82, 2.24) is 9.80 Å². The third-order valence-corrected chi connectivity index (χ3v) is 9.70. The van der Waals surface area contributed by atoms with Crippen molar-refractivity contribution in [2.24, 2.45) is 5.92 Å². The van der Waals surface area contributed by atoms with Crippen molar-refractivity contribution in [3.63, 3.8) is 0 Å². The van der Waals surface area contributed by atoms with Gasteiger partial charge in [-0.1, -0.05) is 133 Å². The van der Waals surface area contributed by atoms with Crippen molar-refractivity contribution in [3.05, 3.63) is 193 Å². The standard InChI is InChI=1S/C46H44N4O2/c51-44(49(40-23-11-3-12-24-40)41-25-13-4-14-26-41)35-47(36-45(52)50(42-27-15-5-16-28-42)43-29-17-6-18-30-43)33-37-31-32-48(34-37)46(38-19-7-1-8-20-38)39-21-9-2-10-22-39/h1-30,37,46H,31-36H2. The molecule has 0 radical (unpaired) electrons. The van der Waals surface area contributed by atoms with Crippen LogP contribution in [-0.2, 0) is 9.59 Å². The van der Waals surface area contributed by atoms with Crippen molar-refractivity contribution in [2.45, 2.75) is 12.5 Å². The van der Waals surface area contributed by atoms with Gasteiger partial charge in [0.1, 0.15) is 0 Å². The van der Waals surface area contributed by atoms with Crippen molar-refractivity contribution in [2.75, 3.05) is 42.5 Å². The molecule has 0 aliphatic carbocycles. The molecular formula is C46H44N4O2. The van der Waals surface area contributed by atoms with E-state index in [-0.39, 0.29) is 36.9 Å². The summed E-state index contributed by atoms with van der Waals surface area (Å²) >= 11 is 0. The number of carbonyl (C=O) groups excluding carboxylic acids is 2. The Balaban J connectivity index is 1.18. The monoisotopic (exact) mass is 684 g/mol. The molecule has 0 aromatic heterocycles. The van der Waals surface area contributed by atoms with Crippen LogP contribution in [0.1, 0.15) is 23.6 Å². The number of hydrogen-bond acceptors (Lipinski definition) is 4. The summed E-state index contributed by atoms with van der Waals surface area (Å²) < 4.78 is 0. The van der Waals surface area contributed by atoms with E-state index in [9.17, 15) is 9.59 Å². The van der Waals surface area contributed by atoms with Crippen LogP contribution in [0.5, 0.6) is 0 Å². The predicted molar refractivity (Wildman–Crippen MR) is 211 cm³/mol. The molecule has 6 heteroatoms. The van der Waals surface area contributed by atoms with E-state index in [4.69, 9.17) is 0 Å². The SMILES string of the molecule is O=C(CN(CC(=O)N(c1ccccc1)c1ccccc1)CC1CCN(C(c2ccccc2)c2ccccc2)C1)N(c1ccccc1)c1ccccc1. The smallest absolute Gasteiger partial charge is 0.245 e. The van der Waals surface area contributed by atoms with Crippen molar-refractivity contribution >= 4 is 34.6 Å². The second-order valence-electron chi connectivity index (χ2n) is 13.3. The Morgan fingerprint density at radius 3 is 1.17 bits per heavy atom. The number of likely N-dealkylation sites (tertiary alicyclic amines) is 1. The highest BCUT2D eigenvalue weighted by Crippen LogP contribution is 2.34. The lowest BCUT2D eigenvalue weighted by atomic mass is 9.97. The largest absolute Gasteiger partial charge is 0.292 e. The van der Waals surface area contributed by atoms with Crippen LogP contribution >= 0.6 is 0 Å². The van der Waals surface area contributed by atoms with E-state index in [1.165, 1.54) is 11.1 Å². The third-order valence-electron chi connectivity index (χ3n) is 9.70. The van der Waals surface area contributed by atoms with E-state index in [2.05, 4.69) is 70.5 Å². The van der Waals surface area contributed by atoms with Gasteiger partial charge in [-0.15, -0.1) is 0 Å². The molecule has 0 saturated carbocycles. The Morgan fingerprint density at radius 1 is 0.500 bits per heavy atom. The molecule has 6 aromatic rings. The Labute approximate surface area is 307 Å². The van der Waals surface area contributed by atoms with Crippen molar-refractivity contribution in [3.8, 4) is 0 Å². The van der Waals surface area contributed by atoms with Crippen LogP contribution in [0, 0.1) is 5.92 Å². The molecule has 6 aromatic carbocycles. The topological polar surface area (TPSA) is 47.1 Å². The lowest BCUT2D eigenvalue weighted by Crippen LogP contribution is -2.45. The van der Waals surface area contributed by atoms with Crippen LogP contribution in [0.25, 0.3) is 0 Å². The number of amides is 2. The summed E-state index contributed by atoms with van der Waals surface area (Å²) in [6, 6.07) is 60.5. The summed E-state index contributed by atoms with van der Waals surface area (Å²) in [5, 5.41) is 0. The Kier molecular flexibility index (Phi) is 11.3. The second kappa shape index (κ2) is 16.9. The molecule has 2 amide bonds. The van der Waals surface area contributed by atoms with E-state index < -0.39 is 0 Å². The zero-order valence-electron chi connectivity index (χ0n) is 29.3. The minimum Gasteiger partial charge on any atom is -0.292 e. The quantitative estimate of drug-likeness (QED) is 0.122. The summed E-state index contributed by atoms with van der Waals surface area (Å²) in [6.45, 7) is 2.57. The average Bonchev–Trinajstić information content (AvgIpc) is 3.65. The maximum Gasteiger partial charge on any atom is 0.245 e. The van der Waals surface area contributed by atoms with Gasteiger partial charge >= 0.3 is 0 Å². The number of benzene rings is 6. The molecule has 1 fully saturated rings. The molecule has 1 unspecified atom stereocenters. The fraction of sp³-hybridized carbons (Fsp3) is 0.174. The van der Waals surface area contributed by atoms with Crippen molar-refractivity contribution < 1.29 is 9.59 Å². The molecule has 0 spiro atoms. The molecular weight excluding hydrogens is 641 g/mol. The molecule has 52 heavy (non-hydrogen) atoms. The predicted octanol–water partition coefficient (Wildman–Crippen LogP) is 9.13. The number of anilines is 4. The summed E-state index contributed by atoms with van der Waals surface area (Å²) in [5.41, 5.74) is 5.70. The number of hydrogen-bond donors (Lipinski definition) is 0. The molecule has 1 aliphatic heterocycles. The maximum atomic E-state index is 14.5. The lowest BCUT2D eigenvalue weighted by Gasteiger charge is -2.32. The molecule has 0 bridgehead atoms. The highest BCUT2D eigenvalue weighted by Gasteiger charge is 2.33. The van der Waals surface area contributed by atoms with E-state index in [1.807, 2.05) is 121 Å². The van der Waals surface area contributed by atoms with Crippen LogP contribution in [-0.4, -0.2) is 54.3 Å². The van der Waals surface area contributed by atoms with Gasteiger partial charge in [0.05, 0.1) is 19.1 Å². The fourth-order valence-electron chi connectivity index (χ4n) is 7.39. The maximum absolute atomic E-state index is 14.5. The van der Waals surface area contributed by atoms with Gasteiger partial charge in [0, 0.05) is 35.8 Å². The highest BCUT2D eigenvalue weighted by atomic mass is 16.2. The van der Waals surface area contributed by atoms with E-state index in [0.29, 0.717) is 6.54 Å². The van der Waals surface area contributed by atoms with Crippen LogP contribution in [0.15, 0.2) is 182 Å². The van der Waals surface area contributed by atoms with Gasteiger partial charge in [-0.3, -0.25) is 29.2 Å². The van der Waals surface area contributed by atoms with Crippen LogP contribution < -0.4 is 9.80 Å². The minimum absolute atomic E-state index is 0.0857. The molecule has 1 atom stereocenters. The van der Waals surface area contributed by atoms with Crippen LogP contribution in [0.3, 0.4) is 0 Å². The summed E-state index contributed by atoms with van der Waals surface area (Å²) in [7, 11) is 0. The normalized spacial score (nSPS) is 14.4. The molecule has 0 N–H and O–H groups in total. The number of nitrogens with zero attached hydrogens (tertiary/aromatic N) is 4. The summed E-state index contributed by atoms with van der Waals surface area (Å²) in [4.78, 5) is 37.2. The first-order valence-electron chi connectivity index (χ1n) is 18.1. The fourth-order valence-corrected chi connectivity index (χ4v) is 7.39. The third kappa shape index (κ3) is 8.37. The molecule has 7 rings (SSSR count). The van der Waals surface area contributed by atoms with Gasteiger partial charge in [-0.05, 0) is 78.5 Å². The zero-order chi connectivity index (χ0) is 35.5. The van der Waals surface area contributed by atoms with E-state index in [0.717, 1.165) is 42.3 Å². The first-order valence-corrected chi connectivity index (χ1v) is 18.1. The average molecular weight is 685 g/mol. The minimum atomic E-state index is -0.0857. The lowest BCUT2D eigenvalue weighted by molar-refractivity contribution is -0.122. The zero-order valence-corrected chi connectivity index (χ0v) is 29.3. The van der Waals surface area contributed by atoms with Gasteiger partial charge in [0.2, 0.25) is 11.8 Å². The van der Waals surface area contributed by atoms with Crippen LogP contribution in [0.2, 0.25) is 0 Å². The van der Waals surface area contributed by atoms with E-state index in [1.54, 1.807) is 9.80 Å². The summed E-state index contributed by atoms with van der Waals surface area (Å²) in [6.07, 6.45) is 0.969. The first-order chi connectivity index (χ1) is 25.6. The van der Waals surface area contributed by atoms with Gasteiger partial charge in [0.15, 0.2) is 0 Å². The first kappa shape index (κ1) is 34.6. The number of para-hydroxylation sites is 4. The van der Waals surface area contributed by atoms with Crippen LogP contribution in [0.4, 0.5) is 22.7 Å². The second-order valence-corrected chi connectivity index (χ2v) is 13.3. The molecule has 1 heterocycles. The van der Waals surface area contributed by atoms with Gasteiger partial charge < -0.3 is 0 Å². The van der Waals surface area contributed by atoms with Gasteiger partial charge in [-0.2, -0.15) is 0 Å². The Hall–Kier alpha value is -5.82. The van der Waals surface area contributed by atoms with Gasteiger partial charge in [0.25, 0.3) is 0 Å². The summed E-state index contributed by atoms with van der Waals surface area (Å²) in [5.74, 6) is 0.0919. The number of carbonyl (C=O) groups is 2. The highest BCUT2D eigenvalue weighted by molar-refractivity contribution is 6.03. The number of rotatable bonds is 13. The van der Waals surface area contributed by atoms with Crippen molar-refractivity contribution in [1.29, 1.82) is 0 Å². The molecule has 6 nitrogen and oxygen atoms in total. The Bertz CT molecular complexity index is 1780. The molecule has 1 aliphatic rings.